The van der Waals surface area contributed by atoms with Crippen molar-refractivity contribution in [2.24, 2.45) is 5.41 Å². The van der Waals surface area contributed by atoms with Crippen LogP contribution in [0.2, 0.25) is 0 Å². The fourth-order valence-corrected chi connectivity index (χ4v) is 3.58. The van der Waals surface area contributed by atoms with Gasteiger partial charge >= 0.3 is 6.09 Å². The van der Waals surface area contributed by atoms with E-state index in [1.807, 2.05) is 24.3 Å². The summed E-state index contributed by atoms with van der Waals surface area (Å²) in [5, 5.41) is 12.4. The number of piperazine rings is 1. The second-order valence-electron chi connectivity index (χ2n) is 8.43. The van der Waals surface area contributed by atoms with E-state index in [2.05, 4.69) is 31.0 Å². The zero-order valence-corrected chi connectivity index (χ0v) is 17.1. The SMILES string of the molecule is CC(C)(C)C1CN(c2ccc(NC(=O)c3ccc(N)cc3)cc2)CCN1C(=O)O. The number of nitrogen functional groups attached to an aromatic ring is 1. The van der Waals surface area contributed by atoms with Crippen LogP contribution in [0.5, 0.6) is 0 Å². The third-order valence-electron chi connectivity index (χ3n) is 5.29. The lowest BCUT2D eigenvalue weighted by atomic mass is 9.84. The first-order valence-corrected chi connectivity index (χ1v) is 9.66. The van der Waals surface area contributed by atoms with Gasteiger partial charge in [0.05, 0.1) is 6.04 Å². The van der Waals surface area contributed by atoms with E-state index in [1.165, 1.54) is 4.90 Å². The summed E-state index contributed by atoms with van der Waals surface area (Å²) < 4.78 is 0. The normalized spacial score (nSPS) is 17.1. The summed E-state index contributed by atoms with van der Waals surface area (Å²) in [6.07, 6.45) is -0.870. The summed E-state index contributed by atoms with van der Waals surface area (Å²) in [5.41, 5.74) is 8.36. The second-order valence-corrected chi connectivity index (χ2v) is 8.43. The highest BCUT2D eigenvalue weighted by atomic mass is 16.4. The Hall–Kier alpha value is -3.22. The number of hydrogen-bond acceptors (Lipinski definition) is 4. The van der Waals surface area contributed by atoms with E-state index >= 15 is 0 Å². The maximum Gasteiger partial charge on any atom is 0.407 e. The van der Waals surface area contributed by atoms with Crippen LogP contribution < -0.4 is 16.0 Å². The number of nitrogens with zero attached hydrogens (tertiary/aromatic N) is 2. The molecule has 1 aliphatic heterocycles. The van der Waals surface area contributed by atoms with Crippen molar-refractivity contribution in [2.75, 3.05) is 35.6 Å². The molecule has 1 aliphatic rings. The number of rotatable bonds is 3. The number of hydrogen-bond donors (Lipinski definition) is 3. The summed E-state index contributed by atoms with van der Waals surface area (Å²) in [7, 11) is 0. The van der Waals surface area contributed by atoms with E-state index in [0.717, 1.165) is 5.69 Å². The Bertz CT molecular complexity index is 872. The quantitative estimate of drug-likeness (QED) is 0.687. The number of anilines is 3. The van der Waals surface area contributed by atoms with E-state index in [0.29, 0.717) is 36.6 Å². The molecule has 0 aromatic heterocycles. The largest absolute Gasteiger partial charge is 0.465 e. The highest BCUT2D eigenvalue weighted by Crippen LogP contribution is 2.30. The molecular weight excluding hydrogens is 368 g/mol. The molecule has 2 aromatic carbocycles. The van der Waals surface area contributed by atoms with Crippen LogP contribution in [0.15, 0.2) is 48.5 Å². The standard InChI is InChI=1S/C22H28N4O3/c1-22(2,3)19-14-25(12-13-26(19)21(28)29)18-10-8-17(9-11-18)24-20(27)15-4-6-16(23)7-5-15/h4-11,19H,12-14,23H2,1-3H3,(H,24,27)(H,28,29). The predicted octanol–water partition coefficient (Wildman–Crippen LogP) is 3.74. The smallest absolute Gasteiger partial charge is 0.407 e. The molecule has 3 rings (SSSR count). The first kappa shape index (κ1) is 20.5. The molecule has 4 N–H and O–H groups in total. The van der Waals surface area contributed by atoms with Crippen molar-refractivity contribution in [3.05, 3.63) is 54.1 Å². The number of amides is 2. The first-order chi connectivity index (χ1) is 13.6. The van der Waals surface area contributed by atoms with Gasteiger partial charge in [-0.1, -0.05) is 20.8 Å². The van der Waals surface area contributed by atoms with Crippen molar-refractivity contribution in [2.45, 2.75) is 26.8 Å². The molecule has 0 spiro atoms. The van der Waals surface area contributed by atoms with Gasteiger partial charge in [0, 0.05) is 42.3 Å². The molecule has 7 nitrogen and oxygen atoms in total. The van der Waals surface area contributed by atoms with Crippen LogP contribution in [0, 0.1) is 5.41 Å². The number of carbonyl (C=O) groups is 2. The van der Waals surface area contributed by atoms with Crippen LogP contribution in [0.4, 0.5) is 21.9 Å². The van der Waals surface area contributed by atoms with Crippen LogP contribution in [0.25, 0.3) is 0 Å². The summed E-state index contributed by atoms with van der Waals surface area (Å²) in [6.45, 7) is 7.92. The lowest BCUT2D eigenvalue weighted by molar-refractivity contribution is 0.0748. The Morgan fingerprint density at radius 1 is 1.03 bits per heavy atom. The molecule has 1 unspecified atom stereocenters. The number of carbonyl (C=O) groups excluding carboxylic acids is 1. The third-order valence-corrected chi connectivity index (χ3v) is 5.29. The van der Waals surface area contributed by atoms with Crippen LogP contribution in [0.3, 0.4) is 0 Å². The van der Waals surface area contributed by atoms with Crippen LogP contribution in [-0.2, 0) is 0 Å². The van der Waals surface area contributed by atoms with Crippen LogP contribution >= 0.6 is 0 Å². The lowest BCUT2D eigenvalue weighted by Crippen LogP contribution is -2.59. The van der Waals surface area contributed by atoms with Crippen LogP contribution in [0.1, 0.15) is 31.1 Å². The zero-order chi connectivity index (χ0) is 21.2. The Kier molecular flexibility index (Phi) is 5.68. The van der Waals surface area contributed by atoms with Gasteiger partial charge in [0.15, 0.2) is 0 Å². The molecular formula is C22H28N4O3. The minimum atomic E-state index is -0.870. The van der Waals surface area contributed by atoms with Gasteiger partial charge in [0.25, 0.3) is 5.91 Å². The number of benzene rings is 2. The van der Waals surface area contributed by atoms with Gasteiger partial charge in [-0.05, 0) is 53.9 Å². The maximum absolute atomic E-state index is 12.3. The second kappa shape index (κ2) is 8.03. The van der Waals surface area contributed by atoms with E-state index in [4.69, 9.17) is 5.73 Å². The molecule has 2 aromatic rings. The molecule has 0 radical (unpaired) electrons. The lowest BCUT2D eigenvalue weighted by Gasteiger charge is -2.46. The van der Waals surface area contributed by atoms with Gasteiger partial charge in [-0.25, -0.2) is 4.79 Å². The van der Waals surface area contributed by atoms with E-state index in [-0.39, 0.29) is 17.4 Å². The average molecular weight is 396 g/mol. The monoisotopic (exact) mass is 396 g/mol. The summed E-state index contributed by atoms with van der Waals surface area (Å²) >= 11 is 0. The van der Waals surface area contributed by atoms with Gasteiger partial charge in [0.2, 0.25) is 0 Å². The van der Waals surface area contributed by atoms with Gasteiger partial charge in [0.1, 0.15) is 0 Å². The van der Waals surface area contributed by atoms with Gasteiger partial charge in [-0.2, -0.15) is 0 Å². The van der Waals surface area contributed by atoms with Crippen molar-refractivity contribution < 1.29 is 14.7 Å². The molecule has 29 heavy (non-hydrogen) atoms. The fourth-order valence-electron chi connectivity index (χ4n) is 3.58. The minimum Gasteiger partial charge on any atom is -0.465 e. The summed E-state index contributed by atoms with van der Waals surface area (Å²) in [6, 6.07) is 14.3. The van der Waals surface area contributed by atoms with Gasteiger partial charge < -0.3 is 26.0 Å². The molecule has 7 heteroatoms. The Balaban J connectivity index is 1.69. The molecule has 1 atom stereocenters. The van der Waals surface area contributed by atoms with Crippen molar-refractivity contribution in [3.8, 4) is 0 Å². The van der Waals surface area contributed by atoms with Gasteiger partial charge in [-0.3, -0.25) is 4.79 Å². The summed E-state index contributed by atoms with van der Waals surface area (Å²) in [4.78, 5) is 27.7. The molecule has 1 fully saturated rings. The summed E-state index contributed by atoms with van der Waals surface area (Å²) in [5.74, 6) is -0.194. The van der Waals surface area contributed by atoms with Crippen molar-refractivity contribution in [1.29, 1.82) is 0 Å². The molecule has 1 heterocycles. The van der Waals surface area contributed by atoms with Crippen molar-refractivity contribution in [1.82, 2.24) is 4.90 Å². The molecule has 2 amide bonds. The number of nitrogens with one attached hydrogen (secondary N) is 1. The minimum absolute atomic E-state index is 0.0985. The third kappa shape index (κ3) is 4.80. The number of nitrogens with two attached hydrogens (primary N) is 1. The molecule has 0 bridgehead atoms. The van der Waals surface area contributed by atoms with Crippen molar-refractivity contribution in [3.63, 3.8) is 0 Å². The molecule has 0 saturated carbocycles. The van der Waals surface area contributed by atoms with E-state index in [1.54, 1.807) is 24.3 Å². The van der Waals surface area contributed by atoms with Crippen LogP contribution in [-0.4, -0.2) is 47.7 Å². The highest BCUT2D eigenvalue weighted by molar-refractivity contribution is 6.04. The molecule has 1 saturated heterocycles. The first-order valence-electron chi connectivity index (χ1n) is 9.66. The fraction of sp³-hybridized carbons (Fsp3) is 0.364. The van der Waals surface area contributed by atoms with E-state index < -0.39 is 6.09 Å². The average Bonchev–Trinajstić information content (AvgIpc) is 2.68. The highest BCUT2D eigenvalue weighted by Gasteiger charge is 2.38. The van der Waals surface area contributed by atoms with Crippen molar-refractivity contribution >= 4 is 29.1 Å². The number of carboxylic acid groups (broad SMARTS) is 1. The zero-order valence-electron chi connectivity index (χ0n) is 17.1. The Morgan fingerprint density at radius 3 is 2.21 bits per heavy atom. The maximum atomic E-state index is 12.3. The topological polar surface area (TPSA) is 98.9 Å². The molecule has 154 valence electrons. The predicted molar refractivity (Wildman–Crippen MR) is 115 cm³/mol. The van der Waals surface area contributed by atoms with E-state index in [9.17, 15) is 14.7 Å². The molecule has 0 aliphatic carbocycles. The Labute approximate surface area is 171 Å². The van der Waals surface area contributed by atoms with Gasteiger partial charge in [-0.15, -0.1) is 0 Å². The Morgan fingerprint density at radius 2 is 1.66 bits per heavy atom.